The third kappa shape index (κ3) is 7.94. The van der Waals surface area contributed by atoms with Gasteiger partial charge in [0.05, 0.1) is 0 Å². The van der Waals surface area contributed by atoms with Gasteiger partial charge in [0, 0.05) is 0 Å². The molecule has 0 N–H and O–H groups in total. The summed E-state index contributed by atoms with van der Waals surface area (Å²) in [6, 6.07) is 8.61. The van der Waals surface area contributed by atoms with Crippen LogP contribution in [-0.4, -0.2) is 31.6 Å². The molecular formula is C23H39ClOSn. The Labute approximate surface area is 171 Å². The molecule has 0 unspecified atom stereocenters. The Bertz CT molecular complexity index is 488. The molecule has 0 saturated carbocycles. The van der Waals surface area contributed by atoms with Gasteiger partial charge in [0.15, 0.2) is 0 Å². The van der Waals surface area contributed by atoms with Crippen LogP contribution >= 0.6 is 11.6 Å². The van der Waals surface area contributed by atoms with Gasteiger partial charge in [0.25, 0.3) is 0 Å². The molecule has 1 rings (SSSR count). The van der Waals surface area contributed by atoms with Crippen molar-refractivity contribution in [3.05, 3.63) is 40.9 Å². The summed E-state index contributed by atoms with van der Waals surface area (Å²) in [6.45, 7) is 10.6. The van der Waals surface area contributed by atoms with Crippen molar-refractivity contribution < 1.29 is 4.74 Å². The topological polar surface area (TPSA) is 9.23 Å². The van der Waals surface area contributed by atoms with E-state index in [0.717, 1.165) is 18.2 Å². The van der Waals surface area contributed by atoms with Gasteiger partial charge in [0.2, 0.25) is 0 Å². The average molecular weight is 486 g/mol. The van der Waals surface area contributed by atoms with Crippen LogP contribution in [0, 0.1) is 0 Å². The van der Waals surface area contributed by atoms with Gasteiger partial charge in [-0.1, -0.05) is 0 Å². The van der Waals surface area contributed by atoms with Crippen LogP contribution in [0.4, 0.5) is 0 Å². The molecule has 3 heteroatoms. The van der Waals surface area contributed by atoms with E-state index in [9.17, 15) is 0 Å². The van der Waals surface area contributed by atoms with E-state index >= 15 is 0 Å². The maximum absolute atomic E-state index is 6.18. The normalized spacial score (nSPS) is 12.6. The van der Waals surface area contributed by atoms with Crippen LogP contribution in [0.15, 0.2) is 30.3 Å². The summed E-state index contributed by atoms with van der Waals surface area (Å²) in [7, 11) is 0. The van der Waals surface area contributed by atoms with E-state index in [-0.39, 0.29) is 0 Å². The molecule has 0 atom stereocenters. The fourth-order valence-electron chi connectivity index (χ4n) is 3.85. The minimum atomic E-state index is -2.49. The first-order chi connectivity index (χ1) is 12.6. The molecule has 0 aliphatic rings. The van der Waals surface area contributed by atoms with E-state index in [2.05, 4.69) is 58.0 Å². The Hall–Kier alpha value is 0.00870. The van der Waals surface area contributed by atoms with Crippen molar-refractivity contribution in [1.82, 2.24) is 0 Å². The summed E-state index contributed by atoms with van der Waals surface area (Å²) in [5.74, 6) is 0. The zero-order chi connectivity index (χ0) is 19.3. The standard InChI is InChI=1S/C11H12ClO.3C4H9.Sn/c1-2-13-9-3-4-10-5-7-11(12)8-6-10;3*1-3-4-2;/h3,5-8H,2,9H2,1H3;3*1,3-4H2,2H3;. The zero-order valence-corrected chi connectivity index (χ0v) is 21.1. The van der Waals surface area contributed by atoms with Gasteiger partial charge < -0.3 is 0 Å². The summed E-state index contributed by atoms with van der Waals surface area (Å²) >= 11 is 3.69. The molecule has 1 aromatic rings. The third-order valence-electron chi connectivity index (χ3n) is 5.36. The van der Waals surface area contributed by atoms with Gasteiger partial charge in [-0.25, -0.2) is 0 Å². The molecule has 1 aromatic carbocycles. The van der Waals surface area contributed by atoms with E-state index in [0.29, 0.717) is 0 Å². The first kappa shape index (κ1) is 24.0. The molecule has 0 saturated heterocycles. The number of unbranched alkanes of at least 4 members (excludes halogenated alkanes) is 3. The third-order valence-corrected chi connectivity index (χ3v) is 21.5. The van der Waals surface area contributed by atoms with E-state index < -0.39 is 18.4 Å². The predicted molar refractivity (Wildman–Crippen MR) is 121 cm³/mol. The van der Waals surface area contributed by atoms with Gasteiger partial charge in [-0.2, -0.15) is 0 Å². The Morgan fingerprint density at radius 1 is 0.885 bits per heavy atom. The average Bonchev–Trinajstić information content (AvgIpc) is 2.66. The van der Waals surface area contributed by atoms with Crippen molar-refractivity contribution in [1.29, 1.82) is 0 Å². The Morgan fingerprint density at radius 2 is 1.38 bits per heavy atom. The van der Waals surface area contributed by atoms with E-state index in [1.165, 1.54) is 57.4 Å². The molecule has 0 fully saturated rings. The van der Waals surface area contributed by atoms with Crippen LogP contribution < -0.4 is 0 Å². The molecule has 1 nitrogen and oxygen atoms in total. The van der Waals surface area contributed by atoms with Crippen molar-refractivity contribution >= 4 is 33.6 Å². The van der Waals surface area contributed by atoms with Crippen molar-refractivity contribution in [2.24, 2.45) is 0 Å². The second-order valence-electron chi connectivity index (χ2n) is 7.38. The summed E-state index contributed by atoms with van der Waals surface area (Å²) in [5, 5.41) is 0.828. The Kier molecular flexibility index (Phi) is 13.0. The molecule has 0 aliphatic heterocycles. The zero-order valence-electron chi connectivity index (χ0n) is 17.5. The fourth-order valence-corrected chi connectivity index (χ4v) is 20.9. The van der Waals surface area contributed by atoms with Crippen molar-refractivity contribution in [3.8, 4) is 0 Å². The predicted octanol–water partition coefficient (Wildman–Crippen LogP) is 8.15. The van der Waals surface area contributed by atoms with E-state index in [1.54, 1.807) is 3.59 Å². The number of ether oxygens (including phenoxy) is 1. The second kappa shape index (κ2) is 14.1. The van der Waals surface area contributed by atoms with Gasteiger partial charge in [0.1, 0.15) is 0 Å². The van der Waals surface area contributed by atoms with E-state index in [4.69, 9.17) is 16.3 Å². The number of hydrogen-bond acceptors (Lipinski definition) is 1. The molecular weight excluding hydrogens is 446 g/mol. The summed E-state index contributed by atoms with van der Waals surface area (Å²) < 4.78 is 11.9. The molecule has 0 bridgehead atoms. The number of benzene rings is 1. The summed E-state index contributed by atoms with van der Waals surface area (Å²) in [4.78, 5) is 0. The molecule has 0 aliphatic carbocycles. The SMILES string of the molecule is CCC[CH2][Sn]([CH2]CCC)([CH2]CCC)/[C](=C/COCC)c1ccc(Cl)cc1. The fraction of sp³-hybridized carbons (Fsp3) is 0.652. The quantitative estimate of drug-likeness (QED) is 0.191. The van der Waals surface area contributed by atoms with Gasteiger partial charge in [-0.15, -0.1) is 0 Å². The number of halogens is 1. The molecule has 0 spiro atoms. The van der Waals surface area contributed by atoms with Crippen molar-refractivity contribution in [2.75, 3.05) is 13.2 Å². The van der Waals surface area contributed by atoms with Crippen LogP contribution in [0.1, 0.15) is 71.8 Å². The number of hydrogen-bond donors (Lipinski definition) is 0. The minimum absolute atomic E-state index is 0.748. The first-order valence-electron chi connectivity index (χ1n) is 10.7. The molecule has 0 aromatic heterocycles. The van der Waals surface area contributed by atoms with Crippen LogP contribution in [0.3, 0.4) is 0 Å². The molecule has 0 radical (unpaired) electrons. The van der Waals surface area contributed by atoms with Crippen LogP contribution in [-0.2, 0) is 4.74 Å². The Morgan fingerprint density at radius 3 is 1.81 bits per heavy atom. The second-order valence-corrected chi connectivity index (χ2v) is 20.9. The number of rotatable bonds is 14. The summed E-state index contributed by atoms with van der Waals surface area (Å²) in [5.41, 5.74) is 1.41. The van der Waals surface area contributed by atoms with Crippen molar-refractivity contribution in [2.45, 2.75) is 79.5 Å². The molecule has 26 heavy (non-hydrogen) atoms. The van der Waals surface area contributed by atoms with Crippen LogP contribution in [0.2, 0.25) is 18.3 Å². The van der Waals surface area contributed by atoms with E-state index in [1.807, 2.05) is 0 Å². The maximum atomic E-state index is 6.18. The van der Waals surface area contributed by atoms with Gasteiger partial charge >= 0.3 is 172 Å². The van der Waals surface area contributed by atoms with Crippen molar-refractivity contribution in [3.63, 3.8) is 0 Å². The van der Waals surface area contributed by atoms with Crippen LogP contribution in [0.25, 0.3) is 3.59 Å². The molecule has 0 heterocycles. The van der Waals surface area contributed by atoms with Gasteiger partial charge in [-0.05, 0) is 0 Å². The van der Waals surface area contributed by atoms with Crippen LogP contribution in [0.5, 0.6) is 0 Å². The molecule has 148 valence electrons. The summed E-state index contributed by atoms with van der Waals surface area (Å²) in [6.07, 6.45) is 10.5. The molecule has 0 amide bonds. The van der Waals surface area contributed by atoms with Gasteiger partial charge in [-0.3, -0.25) is 0 Å². The first-order valence-corrected chi connectivity index (χ1v) is 18.5. The monoisotopic (exact) mass is 486 g/mol. The Balaban J connectivity index is 3.33.